The van der Waals surface area contributed by atoms with Gasteiger partial charge in [-0.1, -0.05) is 12.1 Å². The van der Waals surface area contributed by atoms with Crippen molar-refractivity contribution < 1.29 is 9.90 Å². The highest BCUT2D eigenvalue weighted by Crippen LogP contribution is 2.14. The number of ketones is 1. The van der Waals surface area contributed by atoms with Gasteiger partial charge >= 0.3 is 0 Å². The number of aromatic nitrogens is 2. The number of pyridine rings is 2. The van der Waals surface area contributed by atoms with Gasteiger partial charge in [0.2, 0.25) is 5.78 Å². The number of aliphatic hydroxyl groups excluding tert-OH is 1. The van der Waals surface area contributed by atoms with E-state index < -0.39 is 11.9 Å². The third-order valence-electron chi connectivity index (χ3n) is 2.13. The predicted octanol–water partition coefficient (Wildman–Crippen LogP) is 1.39. The van der Waals surface area contributed by atoms with E-state index in [4.69, 9.17) is 0 Å². The summed E-state index contributed by atoms with van der Waals surface area (Å²) < 4.78 is 0. The molecule has 1 atom stereocenters. The van der Waals surface area contributed by atoms with E-state index in [1.807, 2.05) is 0 Å². The summed E-state index contributed by atoms with van der Waals surface area (Å²) in [6.07, 6.45) is 1.79. The van der Waals surface area contributed by atoms with Crippen LogP contribution in [0.25, 0.3) is 0 Å². The van der Waals surface area contributed by atoms with Crippen molar-refractivity contribution in [1.82, 2.24) is 9.97 Å². The Kier molecular flexibility index (Phi) is 3.03. The molecule has 0 radical (unpaired) electrons. The fourth-order valence-corrected chi connectivity index (χ4v) is 1.32. The van der Waals surface area contributed by atoms with Gasteiger partial charge in [-0.25, -0.2) is 0 Å². The van der Waals surface area contributed by atoms with E-state index >= 15 is 0 Å². The van der Waals surface area contributed by atoms with Crippen LogP contribution in [0.2, 0.25) is 0 Å². The van der Waals surface area contributed by atoms with E-state index in [-0.39, 0.29) is 5.69 Å². The first-order valence-electron chi connectivity index (χ1n) is 4.83. The Labute approximate surface area is 92.6 Å². The molecular weight excluding hydrogens is 204 g/mol. The Morgan fingerprint density at radius 1 is 1.06 bits per heavy atom. The molecule has 0 aliphatic rings. The molecule has 2 aromatic heterocycles. The predicted molar refractivity (Wildman–Crippen MR) is 57.8 cm³/mol. The second kappa shape index (κ2) is 4.63. The van der Waals surface area contributed by atoms with Gasteiger partial charge < -0.3 is 5.11 Å². The molecule has 0 saturated heterocycles. The van der Waals surface area contributed by atoms with Gasteiger partial charge in [-0.2, -0.15) is 0 Å². The van der Waals surface area contributed by atoms with Gasteiger partial charge in [0.05, 0.1) is 5.69 Å². The van der Waals surface area contributed by atoms with E-state index in [2.05, 4.69) is 9.97 Å². The number of nitrogens with zero attached hydrogens (tertiary/aromatic N) is 2. The Bertz CT molecular complexity index is 471. The van der Waals surface area contributed by atoms with Crippen LogP contribution in [0, 0.1) is 0 Å². The van der Waals surface area contributed by atoms with Crippen LogP contribution in [0.1, 0.15) is 22.3 Å². The summed E-state index contributed by atoms with van der Waals surface area (Å²) >= 11 is 0. The molecule has 2 rings (SSSR count). The van der Waals surface area contributed by atoms with Crippen LogP contribution in [0.5, 0.6) is 0 Å². The monoisotopic (exact) mass is 214 g/mol. The average molecular weight is 214 g/mol. The molecule has 16 heavy (non-hydrogen) atoms. The summed E-state index contributed by atoms with van der Waals surface area (Å²) in [4.78, 5) is 19.6. The third-order valence-corrected chi connectivity index (χ3v) is 2.13. The fourth-order valence-electron chi connectivity index (χ4n) is 1.32. The minimum Gasteiger partial charge on any atom is -0.378 e. The molecule has 0 aliphatic carbocycles. The van der Waals surface area contributed by atoms with E-state index in [0.717, 1.165) is 0 Å². The average Bonchev–Trinajstić information content (AvgIpc) is 2.39. The molecule has 0 saturated carbocycles. The van der Waals surface area contributed by atoms with Gasteiger partial charge in [-0.05, 0) is 24.3 Å². The molecule has 0 unspecified atom stereocenters. The SMILES string of the molecule is O=C(c1ccccn1)[C@@H](O)c1ccccn1. The number of carbonyl (C=O) groups excluding carboxylic acids is 1. The lowest BCUT2D eigenvalue weighted by molar-refractivity contribution is 0.0734. The van der Waals surface area contributed by atoms with Crippen LogP contribution in [-0.2, 0) is 0 Å². The number of carbonyl (C=O) groups is 1. The minimum atomic E-state index is -1.25. The second-order valence-electron chi connectivity index (χ2n) is 3.24. The van der Waals surface area contributed by atoms with Gasteiger partial charge in [0.25, 0.3) is 0 Å². The normalized spacial score (nSPS) is 12.1. The van der Waals surface area contributed by atoms with Gasteiger partial charge in [-0.15, -0.1) is 0 Å². The standard InChI is InChI=1S/C12H10N2O2/c15-11(9-5-1-3-7-13-9)12(16)10-6-2-4-8-14-10/h1-8,11,15H/t11-/m0/s1. The molecular formula is C12H10N2O2. The lowest BCUT2D eigenvalue weighted by Gasteiger charge is -2.07. The Morgan fingerprint density at radius 2 is 1.75 bits per heavy atom. The topological polar surface area (TPSA) is 63.1 Å². The largest absolute Gasteiger partial charge is 0.378 e. The summed E-state index contributed by atoms with van der Waals surface area (Å²) in [5, 5.41) is 9.79. The molecule has 2 heterocycles. The Morgan fingerprint density at radius 3 is 2.31 bits per heavy atom. The van der Waals surface area contributed by atoms with E-state index in [1.165, 1.54) is 12.4 Å². The first-order valence-corrected chi connectivity index (χ1v) is 4.83. The molecule has 0 bridgehead atoms. The molecule has 1 N–H and O–H groups in total. The molecule has 80 valence electrons. The zero-order chi connectivity index (χ0) is 11.4. The van der Waals surface area contributed by atoms with Crippen molar-refractivity contribution in [1.29, 1.82) is 0 Å². The maximum absolute atomic E-state index is 11.8. The number of hydrogen-bond acceptors (Lipinski definition) is 4. The number of aliphatic hydroxyl groups is 1. The van der Waals surface area contributed by atoms with Crippen molar-refractivity contribution in [3.63, 3.8) is 0 Å². The van der Waals surface area contributed by atoms with Crippen LogP contribution >= 0.6 is 0 Å². The van der Waals surface area contributed by atoms with Crippen molar-refractivity contribution in [2.45, 2.75) is 6.10 Å². The highest BCUT2D eigenvalue weighted by molar-refractivity contribution is 5.97. The molecule has 0 amide bonds. The lowest BCUT2D eigenvalue weighted by Crippen LogP contribution is -2.14. The van der Waals surface area contributed by atoms with Crippen LogP contribution in [0.15, 0.2) is 48.8 Å². The minimum absolute atomic E-state index is 0.237. The Hall–Kier alpha value is -2.07. The van der Waals surface area contributed by atoms with Gasteiger partial charge in [0, 0.05) is 12.4 Å². The third kappa shape index (κ3) is 2.12. The summed E-state index contributed by atoms with van der Waals surface area (Å²) in [5.41, 5.74) is 0.568. The smallest absolute Gasteiger partial charge is 0.215 e. The lowest BCUT2D eigenvalue weighted by atomic mass is 10.1. The fraction of sp³-hybridized carbons (Fsp3) is 0.0833. The molecule has 2 aromatic rings. The van der Waals surface area contributed by atoms with E-state index in [0.29, 0.717) is 5.69 Å². The maximum Gasteiger partial charge on any atom is 0.215 e. The zero-order valence-electron chi connectivity index (χ0n) is 8.45. The summed E-state index contributed by atoms with van der Waals surface area (Å²) in [6, 6.07) is 10.0. The van der Waals surface area contributed by atoms with Crippen LogP contribution in [0.3, 0.4) is 0 Å². The van der Waals surface area contributed by atoms with Gasteiger partial charge in [0.15, 0.2) is 6.10 Å². The van der Waals surface area contributed by atoms with Crippen molar-refractivity contribution in [3.05, 3.63) is 60.2 Å². The highest BCUT2D eigenvalue weighted by Gasteiger charge is 2.20. The maximum atomic E-state index is 11.8. The van der Waals surface area contributed by atoms with Crippen molar-refractivity contribution in [2.75, 3.05) is 0 Å². The summed E-state index contributed by atoms with van der Waals surface area (Å²) in [6.45, 7) is 0. The van der Waals surface area contributed by atoms with Crippen LogP contribution in [-0.4, -0.2) is 20.9 Å². The zero-order valence-corrected chi connectivity index (χ0v) is 8.45. The molecule has 4 heteroatoms. The molecule has 4 nitrogen and oxygen atoms in total. The quantitative estimate of drug-likeness (QED) is 0.784. The number of hydrogen-bond donors (Lipinski definition) is 1. The molecule has 0 fully saturated rings. The Balaban J connectivity index is 2.24. The summed E-state index contributed by atoms with van der Waals surface area (Å²) in [7, 11) is 0. The van der Waals surface area contributed by atoms with Gasteiger partial charge in [0.1, 0.15) is 5.69 Å². The molecule has 0 aromatic carbocycles. The molecule has 0 aliphatic heterocycles. The van der Waals surface area contributed by atoms with Crippen molar-refractivity contribution >= 4 is 5.78 Å². The summed E-state index contributed by atoms with van der Waals surface area (Å²) in [5.74, 6) is -0.445. The van der Waals surface area contributed by atoms with Crippen molar-refractivity contribution in [3.8, 4) is 0 Å². The van der Waals surface area contributed by atoms with Crippen LogP contribution < -0.4 is 0 Å². The first-order chi connectivity index (χ1) is 7.79. The van der Waals surface area contributed by atoms with Crippen molar-refractivity contribution in [2.24, 2.45) is 0 Å². The number of rotatable bonds is 3. The van der Waals surface area contributed by atoms with Gasteiger partial charge in [-0.3, -0.25) is 14.8 Å². The molecule has 0 spiro atoms. The van der Waals surface area contributed by atoms with E-state index in [9.17, 15) is 9.90 Å². The first kappa shape index (κ1) is 10.4. The second-order valence-corrected chi connectivity index (χ2v) is 3.24. The van der Waals surface area contributed by atoms with Crippen LogP contribution in [0.4, 0.5) is 0 Å². The number of Topliss-reactive ketones (excluding diaryl/α,β-unsaturated/α-hetero) is 1. The highest BCUT2D eigenvalue weighted by atomic mass is 16.3. The van der Waals surface area contributed by atoms with E-state index in [1.54, 1.807) is 36.4 Å².